The molecule has 9 aromatic rings. The van der Waals surface area contributed by atoms with Crippen LogP contribution >= 0.6 is 0 Å². The van der Waals surface area contributed by atoms with Gasteiger partial charge in [-0.1, -0.05) is 97.1 Å². The van der Waals surface area contributed by atoms with Gasteiger partial charge in [-0.25, -0.2) is 4.98 Å². The van der Waals surface area contributed by atoms with E-state index in [2.05, 4.69) is 127 Å². The van der Waals surface area contributed by atoms with Gasteiger partial charge in [0, 0.05) is 12.1 Å². The smallest absolute Gasteiger partial charge is 0.141 e. The summed E-state index contributed by atoms with van der Waals surface area (Å²) in [4.78, 5) is 5.19. The summed E-state index contributed by atoms with van der Waals surface area (Å²) in [5.74, 6) is 1.03. The van der Waals surface area contributed by atoms with Gasteiger partial charge in [0.1, 0.15) is 5.82 Å². The first-order valence-electron chi connectivity index (χ1n) is 13.7. The third-order valence-electron chi connectivity index (χ3n) is 8.68. The Balaban J connectivity index is 1.61. The minimum atomic E-state index is 0.865. The Bertz CT molecular complexity index is 2430. The first-order valence-corrected chi connectivity index (χ1v) is 13.7. The van der Waals surface area contributed by atoms with Crippen LogP contribution in [0.5, 0.6) is 0 Å². The zero-order valence-corrected chi connectivity index (χ0v) is 21.6. The largest absolute Gasteiger partial charge is 0.324 e. The number of nitrogens with zero attached hydrogens (tertiary/aromatic N) is 2. The number of aromatic nitrogens is 2. The molecule has 0 amide bonds. The van der Waals surface area contributed by atoms with Crippen molar-refractivity contribution in [1.82, 2.24) is 9.55 Å². The highest BCUT2D eigenvalue weighted by atomic mass is 15.1. The van der Waals surface area contributed by atoms with Crippen LogP contribution < -0.4 is 0 Å². The number of aryl methyl sites for hydroxylation is 1. The van der Waals surface area contributed by atoms with Crippen LogP contribution in [0.25, 0.3) is 87.1 Å². The molecule has 0 fully saturated rings. The quantitative estimate of drug-likeness (QED) is 0.218. The molecule has 39 heavy (non-hydrogen) atoms. The lowest BCUT2D eigenvalue weighted by atomic mass is 9.86. The molecular formula is C37H24N2. The maximum atomic E-state index is 5.19. The van der Waals surface area contributed by atoms with Gasteiger partial charge in [-0.2, -0.15) is 0 Å². The topological polar surface area (TPSA) is 17.8 Å². The van der Waals surface area contributed by atoms with Crippen LogP contribution in [0.2, 0.25) is 0 Å². The molecule has 0 spiro atoms. The summed E-state index contributed by atoms with van der Waals surface area (Å²) in [5.41, 5.74) is 3.41. The van der Waals surface area contributed by atoms with E-state index in [0.29, 0.717) is 0 Å². The Morgan fingerprint density at radius 1 is 0.513 bits per heavy atom. The molecule has 0 atom stereocenters. The average molecular weight is 497 g/mol. The molecule has 0 aliphatic heterocycles. The highest BCUT2D eigenvalue weighted by Gasteiger charge is 2.20. The summed E-state index contributed by atoms with van der Waals surface area (Å²) in [6, 6.07) is 42.5. The van der Waals surface area contributed by atoms with Crippen molar-refractivity contribution in [1.29, 1.82) is 0 Å². The standard InChI is InChI=1S/C37H24N2/c1-2-39-32-18-4-3-17-31(32)38-37(39)30-21-24-11-7-14-26-25-12-5-9-22-19-20-23-10-6-13-27(34(23)33(22)25)28-15-8-16-29(30)36(28)35(24)26/h3-21H,2H2,1H3. The van der Waals surface area contributed by atoms with Crippen molar-refractivity contribution < 1.29 is 0 Å². The lowest BCUT2D eigenvalue weighted by molar-refractivity contribution is 0.797. The predicted octanol–water partition coefficient (Wildman–Crippen LogP) is 10.1. The van der Waals surface area contributed by atoms with Gasteiger partial charge in [0.25, 0.3) is 0 Å². The molecule has 0 aliphatic rings. The normalized spacial score (nSPS) is 12.3. The van der Waals surface area contributed by atoms with E-state index in [1.54, 1.807) is 0 Å². The summed E-state index contributed by atoms with van der Waals surface area (Å²) in [6.45, 7) is 3.07. The summed E-state index contributed by atoms with van der Waals surface area (Å²) in [5, 5.41) is 15.6. The second-order valence-corrected chi connectivity index (χ2v) is 10.6. The van der Waals surface area contributed by atoms with Crippen LogP contribution in [0.1, 0.15) is 6.92 Å². The third kappa shape index (κ3) is 2.68. The molecular weight excluding hydrogens is 472 g/mol. The van der Waals surface area contributed by atoms with E-state index >= 15 is 0 Å². The number of rotatable bonds is 2. The van der Waals surface area contributed by atoms with Gasteiger partial charge >= 0.3 is 0 Å². The van der Waals surface area contributed by atoms with Crippen molar-refractivity contribution in [3.63, 3.8) is 0 Å². The Hall–Kier alpha value is -4.95. The molecule has 8 aromatic carbocycles. The molecule has 9 rings (SSSR count). The second kappa shape index (κ2) is 7.55. The number of benzene rings is 7. The van der Waals surface area contributed by atoms with Gasteiger partial charge in [0.15, 0.2) is 0 Å². The first kappa shape index (κ1) is 21.0. The van der Waals surface area contributed by atoms with Crippen LogP contribution in [0.15, 0.2) is 115 Å². The van der Waals surface area contributed by atoms with Crippen LogP contribution in [0.4, 0.5) is 0 Å². The van der Waals surface area contributed by atoms with Crippen LogP contribution in [-0.2, 0) is 6.54 Å². The predicted molar refractivity (Wildman–Crippen MR) is 167 cm³/mol. The van der Waals surface area contributed by atoms with Crippen molar-refractivity contribution in [3.8, 4) is 11.4 Å². The van der Waals surface area contributed by atoms with Gasteiger partial charge in [0.05, 0.1) is 11.0 Å². The Morgan fingerprint density at radius 2 is 1.05 bits per heavy atom. The fourth-order valence-corrected chi connectivity index (χ4v) is 7.09. The average Bonchev–Trinajstić information content (AvgIpc) is 3.37. The van der Waals surface area contributed by atoms with Crippen molar-refractivity contribution >= 4 is 75.7 Å². The van der Waals surface area contributed by atoms with E-state index in [9.17, 15) is 0 Å². The van der Waals surface area contributed by atoms with E-state index in [1.165, 1.54) is 75.7 Å². The maximum absolute atomic E-state index is 5.19. The minimum Gasteiger partial charge on any atom is -0.324 e. The molecule has 2 heteroatoms. The van der Waals surface area contributed by atoms with Crippen LogP contribution in [0, 0.1) is 0 Å². The molecule has 1 heterocycles. The minimum absolute atomic E-state index is 0.865. The van der Waals surface area contributed by atoms with Gasteiger partial charge in [-0.3, -0.25) is 0 Å². The van der Waals surface area contributed by atoms with Crippen LogP contribution in [0.3, 0.4) is 0 Å². The van der Waals surface area contributed by atoms with Crippen molar-refractivity contribution in [2.75, 3.05) is 0 Å². The number of fused-ring (bicyclic) bond motifs is 3. The van der Waals surface area contributed by atoms with Crippen LogP contribution in [-0.4, -0.2) is 9.55 Å². The third-order valence-corrected chi connectivity index (χ3v) is 8.68. The maximum Gasteiger partial charge on any atom is 0.141 e. The molecule has 0 bridgehead atoms. The van der Waals surface area contributed by atoms with E-state index in [1.807, 2.05) is 0 Å². The number of imidazole rings is 1. The first-order chi connectivity index (χ1) is 19.3. The Morgan fingerprint density at radius 3 is 1.72 bits per heavy atom. The summed E-state index contributed by atoms with van der Waals surface area (Å²) < 4.78 is 2.36. The molecule has 2 nitrogen and oxygen atoms in total. The molecule has 0 radical (unpaired) electrons. The van der Waals surface area contributed by atoms with E-state index in [-0.39, 0.29) is 0 Å². The van der Waals surface area contributed by atoms with E-state index in [4.69, 9.17) is 4.98 Å². The Labute approximate surface area is 225 Å². The summed E-state index contributed by atoms with van der Waals surface area (Å²) in [6.07, 6.45) is 0. The number of para-hydroxylation sites is 2. The lowest BCUT2D eigenvalue weighted by Crippen LogP contribution is -1.98. The molecule has 0 saturated carbocycles. The monoisotopic (exact) mass is 496 g/mol. The number of hydrogen-bond acceptors (Lipinski definition) is 1. The Kier molecular flexibility index (Phi) is 4.07. The molecule has 0 N–H and O–H groups in total. The van der Waals surface area contributed by atoms with Gasteiger partial charge < -0.3 is 4.57 Å². The van der Waals surface area contributed by atoms with Gasteiger partial charge in [0.2, 0.25) is 0 Å². The van der Waals surface area contributed by atoms with Crippen molar-refractivity contribution in [3.05, 3.63) is 115 Å². The summed E-state index contributed by atoms with van der Waals surface area (Å²) >= 11 is 0. The summed E-state index contributed by atoms with van der Waals surface area (Å²) in [7, 11) is 0. The molecule has 182 valence electrons. The fourth-order valence-electron chi connectivity index (χ4n) is 7.09. The molecule has 1 aromatic heterocycles. The van der Waals surface area contributed by atoms with Gasteiger partial charge in [-0.15, -0.1) is 0 Å². The van der Waals surface area contributed by atoms with Crippen molar-refractivity contribution in [2.45, 2.75) is 13.5 Å². The zero-order chi connectivity index (χ0) is 25.7. The molecule has 0 saturated heterocycles. The van der Waals surface area contributed by atoms with Crippen molar-refractivity contribution in [2.24, 2.45) is 0 Å². The lowest BCUT2D eigenvalue weighted by Gasteiger charge is -2.18. The molecule has 0 aliphatic carbocycles. The van der Waals surface area contributed by atoms with E-state index < -0.39 is 0 Å². The van der Waals surface area contributed by atoms with E-state index in [0.717, 1.165) is 17.9 Å². The fraction of sp³-hybridized carbons (Fsp3) is 0.0541. The molecule has 0 unspecified atom stereocenters. The zero-order valence-electron chi connectivity index (χ0n) is 21.6. The highest BCUT2D eigenvalue weighted by molar-refractivity contribution is 6.37. The second-order valence-electron chi connectivity index (χ2n) is 10.6. The van der Waals surface area contributed by atoms with Gasteiger partial charge in [-0.05, 0) is 89.8 Å². The number of hydrogen-bond donors (Lipinski definition) is 0. The SMILES string of the molecule is CCn1c(-c2cc3cccc4c5cccc6ccc7cccc(c8cccc2c8c34)c7c65)nc2ccccc21. The highest BCUT2D eigenvalue weighted by Crippen LogP contribution is 2.45.